The zero-order chi connectivity index (χ0) is 14.8. The van der Waals surface area contributed by atoms with Gasteiger partial charge < -0.3 is 15.4 Å². The molecule has 0 radical (unpaired) electrons. The van der Waals surface area contributed by atoms with E-state index in [1.54, 1.807) is 0 Å². The quantitative estimate of drug-likeness (QED) is 0.683. The van der Waals surface area contributed by atoms with Crippen LogP contribution < -0.4 is 15.4 Å². The van der Waals surface area contributed by atoms with Crippen LogP contribution in [0.1, 0.15) is 33.6 Å². The van der Waals surface area contributed by atoms with E-state index >= 15 is 0 Å². The van der Waals surface area contributed by atoms with E-state index in [4.69, 9.17) is 4.74 Å². The number of carbonyl (C=O) groups excluding carboxylic acids is 1. The Labute approximate surface area is 121 Å². The Morgan fingerprint density at radius 3 is 2.75 bits per heavy atom. The first-order valence-corrected chi connectivity index (χ1v) is 7.35. The molecule has 0 bridgehead atoms. The molecule has 0 saturated carbocycles. The van der Waals surface area contributed by atoms with Crippen LogP contribution in [0.15, 0.2) is 24.3 Å². The van der Waals surface area contributed by atoms with Crippen LogP contribution in [0.3, 0.4) is 0 Å². The average molecular weight is 278 g/mol. The van der Waals surface area contributed by atoms with Gasteiger partial charge >= 0.3 is 0 Å². The molecule has 0 aliphatic heterocycles. The number of nitrogens with one attached hydrogen (secondary N) is 2. The van der Waals surface area contributed by atoms with E-state index in [-0.39, 0.29) is 5.91 Å². The molecule has 1 aromatic rings. The Balaban J connectivity index is 2.47. The van der Waals surface area contributed by atoms with Gasteiger partial charge in [0.1, 0.15) is 5.75 Å². The number of benzene rings is 1. The van der Waals surface area contributed by atoms with Crippen molar-refractivity contribution in [3.8, 4) is 5.75 Å². The molecule has 0 unspecified atom stereocenters. The number of rotatable bonds is 9. The molecule has 0 atom stereocenters. The summed E-state index contributed by atoms with van der Waals surface area (Å²) < 4.78 is 5.71. The van der Waals surface area contributed by atoms with E-state index in [1.165, 1.54) is 0 Å². The lowest BCUT2D eigenvalue weighted by molar-refractivity contribution is -0.115. The molecule has 0 aliphatic carbocycles. The summed E-state index contributed by atoms with van der Waals surface area (Å²) in [7, 11) is 0. The van der Waals surface area contributed by atoms with Gasteiger partial charge in [0.05, 0.1) is 18.8 Å². The normalized spacial score (nSPS) is 10.6. The summed E-state index contributed by atoms with van der Waals surface area (Å²) >= 11 is 0. The van der Waals surface area contributed by atoms with Crippen molar-refractivity contribution < 1.29 is 9.53 Å². The summed E-state index contributed by atoms with van der Waals surface area (Å²) in [5.41, 5.74) is 0.732. The molecule has 20 heavy (non-hydrogen) atoms. The molecular formula is C16H26N2O2. The third kappa shape index (κ3) is 6.57. The van der Waals surface area contributed by atoms with E-state index < -0.39 is 0 Å². The van der Waals surface area contributed by atoms with Crippen LogP contribution in [0.2, 0.25) is 0 Å². The van der Waals surface area contributed by atoms with Gasteiger partial charge in [0.25, 0.3) is 0 Å². The third-order valence-corrected chi connectivity index (χ3v) is 2.73. The van der Waals surface area contributed by atoms with Crippen molar-refractivity contribution in [2.24, 2.45) is 5.92 Å². The minimum atomic E-state index is -0.0401. The topological polar surface area (TPSA) is 50.4 Å². The van der Waals surface area contributed by atoms with Crippen molar-refractivity contribution in [1.82, 2.24) is 5.32 Å². The molecule has 0 aromatic heterocycles. The Kier molecular flexibility index (Phi) is 7.73. The molecule has 0 heterocycles. The van der Waals surface area contributed by atoms with E-state index in [0.29, 0.717) is 19.1 Å². The number of para-hydroxylation sites is 2. The standard InChI is InChI=1S/C16H26N2O2/c1-4-5-10-17-11-16(19)18-14-8-6-7-9-15(14)20-12-13(2)3/h6-9,13,17H,4-5,10-12H2,1-3H3,(H,18,19). The fourth-order valence-corrected chi connectivity index (χ4v) is 1.65. The highest BCUT2D eigenvalue weighted by Gasteiger charge is 2.07. The van der Waals surface area contributed by atoms with Gasteiger partial charge in [0.15, 0.2) is 0 Å². The fraction of sp³-hybridized carbons (Fsp3) is 0.562. The Morgan fingerprint density at radius 2 is 2.05 bits per heavy atom. The van der Waals surface area contributed by atoms with Crippen LogP contribution in [0.5, 0.6) is 5.75 Å². The van der Waals surface area contributed by atoms with Crippen molar-refractivity contribution >= 4 is 11.6 Å². The van der Waals surface area contributed by atoms with Gasteiger partial charge in [-0.15, -0.1) is 0 Å². The third-order valence-electron chi connectivity index (χ3n) is 2.73. The fourth-order valence-electron chi connectivity index (χ4n) is 1.65. The lowest BCUT2D eigenvalue weighted by atomic mass is 10.2. The molecule has 1 amide bonds. The van der Waals surface area contributed by atoms with Gasteiger partial charge in [-0.05, 0) is 31.0 Å². The molecule has 0 spiro atoms. The molecule has 4 nitrogen and oxygen atoms in total. The van der Waals surface area contributed by atoms with Crippen LogP contribution in [-0.2, 0) is 4.79 Å². The minimum Gasteiger partial charge on any atom is -0.491 e. The molecule has 2 N–H and O–H groups in total. The lowest BCUT2D eigenvalue weighted by Crippen LogP contribution is -2.28. The second kappa shape index (κ2) is 9.37. The zero-order valence-electron chi connectivity index (χ0n) is 12.7. The summed E-state index contributed by atoms with van der Waals surface area (Å²) in [6.07, 6.45) is 2.21. The highest BCUT2D eigenvalue weighted by molar-refractivity contribution is 5.93. The Morgan fingerprint density at radius 1 is 1.30 bits per heavy atom. The largest absolute Gasteiger partial charge is 0.491 e. The van der Waals surface area contributed by atoms with Crippen LogP contribution in [-0.4, -0.2) is 25.6 Å². The van der Waals surface area contributed by atoms with E-state index in [9.17, 15) is 4.79 Å². The molecule has 0 aliphatic rings. The maximum Gasteiger partial charge on any atom is 0.238 e. The highest BCUT2D eigenvalue weighted by Crippen LogP contribution is 2.24. The first-order valence-electron chi connectivity index (χ1n) is 7.35. The van der Waals surface area contributed by atoms with Gasteiger partial charge in [-0.2, -0.15) is 0 Å². The summed E-state index contributed by atoms with van der Waals surface area (Å²) in [6.45, 7) is 8.16. The number of anilines is 1. The molecule has 0 saturated heterocycles. The van der Waals surface area contributed by atoms with Crippen molar-refractivity contribution in [2.45, 2.75) is 33.6 Å². The van der Waals surface area contributed by atoms with E-state index in [0.717, 1.165) is 30.8 Å². The number of hydrogen-bond donors (Lipinski definition) is 2. The van der Waals surface area contributed by atoms with Gasteiger partial charge in [-0.25, -0.2) is 0 Å². The first-order chi connectivity index (χ1) is 9.63. The number of unbranched alkanes of at least 4 members (excludes halogenated alkanes) is 1. The highest BCUT2D eigenvalue weighted by atomic mass is 16.5. The zero-order valence-corrected chi connectivity index (χ0v) is 12.7. The monoisotopic (exact) mass is 278 g/mol. The summed E-state index contributed by atoms with van der Waals surface area (Å²) in [6, 6.07) is 7.54. The van der Waals surface area contributed by atoms with Gasteiger partial charge in [-0.3, -0.25) is 4.79 Å². The van der Waals surface area contributed by atoms with Crippen LogP contribution in [0, 0.1) is 5.92 Å². The average Bonchev–Trinajstić information content (AvgIpc) is 2.42. The van der Waals surface area contributed by atoms with Gasteiger partial charge in [-0.1, -0.05) is 39.3 Å². The molecular weight excluding hydrogens is 252 g/mol. The van der Waals surface area contributed by atoms with Crippen molar-refractivity contribution in [1.29, 1.82) is 0 Å². The lowest BCUT2D eigenvalue weighted by Gasteiger charge is -2.14. The van der Waals surface area contributed by atoms with E-state index in [2.05, 4.69) is 31.4 Å². The minimum absolute atomic E-state index is 0.0401. The predicted molar refractivity (Wildman–Crippen MR) is 83.2 cm³/mol. The molecule has 1 aromatic carbocycles. The second-order valence-corrected chi connectivity index (χ2v) is 5.28. The van der Waals surface area contributed by atoms with E-state index in [1.807, 2.05) is 24.3 Å². The van der Waals surface area contributed by atoms with Gasteiger partial charge in [0.2, 0.25) is 5.91 Å². The number of hydrogen-bond acceptors (Lipinski definition) is 3. The predicted octanol–water partition coefficient (Wildman–Crippen LogP) is 3.05. The van der Waals surface area contributed by atoms with Crippen LogP contribution in [0.25, 0.3) is 0 Å². The van der Waals surface area contributed by atoms with Crippen molar-refractivity contribution in [3.05, 3.63) is 24.3 Å². The van der Waals surface area contributed by atoms with Crippen molar-refractivity contribution in [3.63, 3.8) is 0 Å². The molecule has 1 rings (SSSR count). The molecule has 0 fully saturated rings. The maximum absolute atomic E-state index is 11.8. The Bertz CT molecular complexity index is 405. The number of ether oxygens (including phenoxy) is 1. The summed E-state index contributed by atoms with van der Waals surface area (Å²) in [5, 5.41) is 6.01. The maximum atomic E-state index is 11.8. The molecule has 112 valence electrons. The summed E-state index contributed by atoms with van der Waals surface area (Å²) in [5.74, 6) is 1.14. The first kappa shape index (κ1) is 16.5. The number of carbonyl (C=O) groups is 1. The van der Waals surface area contributed by atoms with Crippen molar-refractivity contribution in [2.75, 3.05) is 25.0 Å². The Hall–Kier alpha value is -1.55. The number of amides is 1. The van der Waals surface area contributed by atoms with Crippen LogP contribution in [0.4, 0.5) is 5.69 Å². The second-order valence-electron chi connectivity index (χ2n) is 5.28. The van der Waals surface area contributed by atoms with Crippen LogP contribution >= 0.6 is 0 Å². The van der Waals surface area contributed by atoms with Gasteiger partial charge in [0, 0.05) is 0 Å². The SMILES string of the molecule is CCCCNCC(=O)Nc1ccccc1OCC(C)C. The smallest absolute Gasteiger partial charge is 0.238 e. The molecule has 4 heteroatoms. The summed E-state index contributed by atoms with van der Waals surface area (Å²) in [4.78, 5) is 11.8.